The molecule has 5 heteroatoms. The molecule has 19 heavy (non-hydrogen) atoms. The summed E-state index contributed by atoms with van der Waals surface area (Å²) in [6.45, 7) is 1.44. The number of aromatic nitrogens is 2. The molecule has 0 aliphatic rings. The van der Waals surface area contributed by atoms with Gasteiger partial charge >= 0.3 is 0 Å². The number of hydrogen-bond acceptors (Lipinski definition) is 4. The van der Waals surface area contributed by atoms with Crippen molar-refractivity contribution in [3.8, 4) is 11.1 Å². The van der Waals surface area contributed by atoms with Crippen LogP contribution in [0.25, 0.3) is 11.1 Å². The van der Waals surface area contributed by atoms with Gasteiger partial charge in [-0.15, -0.1) is 0 Å². The van der Waals surface area contributed by atoms with Crippen molar-refractivity contribution in [2.75, 3.05) is 5.32 Å². The van der Waals surface area contributed by atoms with E-state index in [9.17, 15) is 9.59 Å². The van der Waals surface area contributed by atoms with Gasteiger partial charge in [-0.2, -0.15) is 0 Å². The van der Waals surface area contributed by atoms with Gasteiger partial charge in [0.15, 0.2) is 5.78 Å². The quantitative estimate of drug-likeness (QED) is 0.819. The third kappa shape index (κ3) is 3.38. The summed E-state index contributed by atoms with van der Waals surface area (Å²) in [6, 6.07) is 5.43. The van der Waals surface area contributed by atoms with E-state index in [4.69, 9.17) is 0 Å². The van der Waals surface area contributed by atoms with Crippen molar-refractivity contribution in [1.82, 2.24) is 9.97 Å². The van der Waals surface area contributed by atoms with Crippen LogP contribution in [-0.4, -0.2) is 15.8 Å². The number of hydrogen-bond donors (Lipinski definition) is 2. The third-order valence-corrected chi connectivity index (χ3v) is 2.45. The summed E-state index contributed by atoms with van der Waals surface area (Å²) in [5.41, 5.74) is 1.86. The first-order valence-electron chi connectivity index (χ1n) is 5.73. The predicted octanol–water partition coefficient (Wildman–Crippen LogP) is 1.95. The zero-order valence-electron chi connectivity index (χ0n) is 10.4. The smallest absolute Gasteiger partial charge is 0.271 e. The molecule has 0 amide bonds. The van der Waals surface area contributed by atoms with E-state index in [-0.39, 0.29) is 11.3 Å². The molecule has 0 atom stereocenters. The molecule has 0 fully saturated rings. The fourth-order valence-electron chi connectivity index (χ4n) is 1.54. The maximum atomic E-state index is 11.6. The van der Waals surface area contributed by atoms with Crippen LogP contribution in [0.15, 0.2) is 53.9 Å². The normalized spacial score (nSPS) is 10.6. The summed E-state index contributed by atoms with van der Waals surface area (Å²) in [6.07, 6.45) is 7.82. The number of pyridine rings is 2. The molecule has 0 saturated heterocycles. The lowest BCUT2D eigenvalue weighted by Crippen LogP contribution is -2.10. The largest absolute Gasteiger partial charge is 0.357 e. The van der Waals surface area contributed by atoms with Gasteiger partial charge in [0.25, 0.3) is 5.56 Å². The molecule has 0 spiro atoms. The molecule has 2 heterocycles. The van der Waals surface area contributed by atoms with Crippen molar-refractivity contribution in [3.63, 3.8) is 0 Å². The van der Waals surface area contributed by atoms with Crippen LogP contribution < -0.4 is 10.9 Å². The minimum Gasteiger partial charge on any atom is -0.357 e. The predicted molar refractivity (Wildman–Crippen MR) is 73.7 cm³/mol. The molecule has 96 valence electrons. The minimum atomic E-state index is -0.249. The van der Waals surface area contributed by atoms with Gasteiger partial charge in [0.05, 0.1) is 0 Å². The zero-order valence-corrected chi connectivity index (χ0v) is 10.4. The number of rotatable bonds is 4. The highest BCUT2D eigenvalue weighted by molar-refractivity contribution is 5.87. The standard InChI is InChI=1S/C14H13N3O2/c1-10(18)4-6-16-13-7-12(9-17-14(13)19)11-3-2-5-15-8-11/h2-9,16H,1H3,(H,17,19)/b6-4+. The van der Waals surface area contributed by atoms with Gasteiger partial charge in [-0.1, -0.05) is 6.07 Å². The summed E-state index contributed by atoms with van der Waals surface area (Å²) in [4.78, 5) is 29.1. The topological polar surface area (TPSA) is 74.8 Å². The van der Waals surface area contributed by atoms with E-state index in [1.54, 1.807) is 24.7 Å². The van der Waals surface area contributed by atoms with E-state index in [0.29, 0.717) is 5.69 Å². The van der Waals surface area contributed by atoms with Crippen LogP contribution in [0.1, 0.15) is 6.92 Å². The Morgan fingerprint density at radius 3 is 2.95 bits per heavy atom. The Morgan fingerprint density at radius 1 is 1.42 bits per heavy atom. The summed E-state index contributed by atoms with van der Waals surface area (Å²) < 4.78 is 0. The highest BCUT2D eigenvalue weighted by atomic mass is 16.1. The molecule has 0 unspecified atom stereocenters. The lowest BCUT2D eigenvalue weighted by Gasteiger charge is -2.04. The second kappa shape index (κ2) is 5.77. The number of carbonyl (C=O) groups is 1. The van der Waals surface area contributed by atoms with Crippen molar-refractivity contribution in [2.24, 2.45) is 0 Å². The number of nitrogens with zero attached hydrogens (tertiary/aromatic N) is 1. The van der Waals surface area contributed by atoms with Crippen LogP contribution in [0.2, 0.25) is 0 Å². The molecule has 0 saturated carbocycles. The van der Waals surface area contributed by atoms with Crippen LogP contribution in [0, 0.1) is 0 Å². The number of ketones is 1. The average Bonchev–Trinajstić information content (AvgIpc) is 2.41. The number of H-pyrrole nitrogens is 1. The maximum Gasteiger partial charge on any atom is 0.271 e. The lowest BCUT2D eigenvalue weighted by molar-refractivity contribution is -0.112. The van der Waals surface area contributed by atoms with Gasteiger partial charge < -0.3 is 10.3 Å². The number of anilines is 1. The van der Waals surface area contributed by atoms with E-state index in [2.05, 4.69) is 15.3 Å². The number of nitrogens with one attached hydrogen (secondary N) is 2. The molecule has 0 aliphatic carbocycles. The average molecular weight is 255 g/mol. The highest BCUT2D eigenvalue weighted by Crippen LogP contribution is 2.18. The van der Waals surface area contributed by atoms with E-state index >= 15 is 0 Å². The molecule has 0 bridgehead atoms. The van der Waals surface area contributed by atoms with Gasteiger partial charge in [0, 0.05) is 35.9 Å². The first-order chi connectivity index (χ1) is 9.16. The van der Waals surface area contributed by atoms with Crippen LogP contribution in [-0.2, 0) is 4.79 Å². The first-order valence-corrected chi connectivity index (χ1v) is 5.73. The Hall–Kier alpha value is -2.69. The van der Waals surface area contributed by atoms with Crippen LogP contribution in [0.4, 0.5) is 5.69 Å². The maximum absolute atomic E-state index is 11.6. The Morgan fingerprint density at radius 2 is 2.26 bits per heavy atom. The van der Waals surface area contributed by atoms with Crippen LogP contribution in [0.5, 0.6) is 0 Å². The fourth-order valence-corrected chi connectivity index (χ4v) is 1.54. The molecular weight excluding hydrogens is 242 g/mol. The molecule has 0 radical (unpaired) electrons. The van der Waals surface area contributed by atoms with Gasteiger partial charge in [-0.3, -0.25) is 14.6 Å². The van der Waals surface area contributed by atoms with Crippen molar-refractivity contribution < 1.29 is 4.79 Å². The highest BCUT2D eigenvalue weighted by Gasteiger charge is 2.02. The first kappa shape index (κ1) is 12.8. The van der Waals surface area contributed by atoms with Crippen molar-refractivity contribution in [1.29, 1.82) is 0 Å². The summed E-state index contributed by atoms with van der Waals surface area (Å²) in [7, 11) is 0. The number of allylic oxidation sites excluding steroid dienone is 1. The van der Waals surface area contributed by atoms with Gasteiger partial charge in [-0.25, -0.2) is 0 Å². The van der Waals surface area contributed by atoms with Gasteiger partial charge in [0.1, 0.15) is 5.69 Å². The Labute approximate surface area is 110 Å². The molecule has 2 aromatic rings. The molecule has 2 aromatic heterocycles. The summed E-state index contributed by atoms with van der Waals surface area (Å²) in [5.74, 6) is -0.0904. The molecular formula is C14H13N3O2. The van der Waals surface area contributed by atoms with Crippen LogP contribution >= 0.6 is 0 Å². The minimum absolute atomic E-state index is 0.0904. The molecule has 2 N–H and O–H groups in total. The number of aromatic amines is 1. The van der Waals surface area contributed by atoms with Gasteiger partial charge in [0.2, 0.25) is 0 Å². The lowest BCUT2D eigenvalue weighted by atomic mass is 10.1. The Balaban J connectivity index is 2.30. The van der Waals surface area contributed by atoms with E-state index in [1.807, 2.05) is 12.1 Å². The van der Waals surface area contributed by atoms with E-state index < -0.39 is 0 Å². The van der Waals surface area contributed by atoms with E-state index in [0.717, 1.165) is 11.1 Å². The molecule has 2 rings (SSSR count). The Bertz CT molecular complexity index is 660. The van der Waals surface area contributed by atoms with E-state index in [1.165, 1.54) is 19.2 Å². The van der Waals surface area contributed by atoms with Gasteiger partial charge in [-0.05, 0) is 25.1 Å². The van der Waals surface area contributed by atoms with Crippen molar-refractivity contribution in [3.05, 3.63) is 59.4 Å². The molecule has 0 aliphatic heterocycles. The molecule has 0 aromatic carbocycles. The summed E-state index contributed by atoms with van der Waals surface area (Å²) >= 11 is 0. The Kier molecular flexibility index (Phi) is 3.87. The monoisotopic (exact) mass is 255 g/mol. The zero-order chi connectivity index (χ0) is 13.7. The SMILES string of the molecule is CC(=O)/C=C/Nc1cc(-c2cccnc2)c[nH]c1=O. The second-order valence-electron chi connectivity index (χ2n) is 3.96. The van der Waals surface area contributed by atoms with Crippen LogP contribution in [0.3, 0.4) is 0 Å². The third-order valence-electron chi connectivity index (χ3n) is 2.45. The second-order valence-corrected chi connectivity index (χ2v) is 3.96. The van der Waals surface area contributed by atoms with Crippen molar-refractivity contribution >= 4 is 11.5 Å². The fraction of sp³-hybridized carbons (Fsp3) is 0.0714. The van der Waals surface area contributed by atoms with Crippen molar-refractivity contribution in [2.45, 2.75) is 6.92 Å². The summed E-state index contributed by atoms with van der Waals surface area (Å²) in [5, 5.41) is 2.79. The number of carbonyl (C=O) groups excluding carboxylic acids is 1. The molecule has 5 nitrogen and oxygen atoms in total.